The molecule has 0 saturated heterocycles. The summed E-state index contributed by atoms with van der Waals surface area (Å²) in [5, 5.41) is 22.3. The first-order chi connectivity index (χ1) is 7.75. The lowest BCUT2D eigenvalue weighted by Gasteiger charge is -2.02. The largest absolute Gasteiger partial charge is 0.505 e. The summed E-state index contributed by atoms with van der Waals surface area (Å²) < 4.78 is 1.56. The van der Waals surface area contributed by atoms with Crippen LogP contribution in [0.5, 0.6) is 5.75 Å². The fraction of sp³-hybridized carbons (Fsp3) is 0. The number of anilines is 1. The molecule has 16 heavy (non-hydrogen) atoms. The highest BCUT2D eigenvalue weighted by Gasteiger charge is 2.12. The van der Waals surface area contributed by atoms with Gasteiger partial charge < -0.3 is 10.8 Å². The zero-order valence-electron chi connectivity index (χ0n) is 8.03. The lowest BCUT2D eigenvalue weighted by atomic mass is 10.2. The summed E-state index contributed by atoms with van der Waals surface area (Å²) in [5.41, 5.74) is 6.56. The maximum absolute atomic E-state index is 9.81. The Morgan fingerprint density at radius 1 is 1.38 bits per heavy atom. The molecule has 0 aliphatic carbocycles. The number of aromatic hydroxyl groups is 1. The molecule has 0 radical (unpaired) electrons. The Morgan fingerprint density at radius 3 is 3.06 bits per heavy atom. The first-order valence-corrected chi connectivity index (χ1v) is 5.32. The first-order valence-electron chi connectivity index (χ1n) is 4.50. The van der Waals surface area contributed by atoms with Gasteiger partial charge in [-0.05, 0) is 12.1 Å². The zero-order valence-corrected chi connectivity index (χ0v) is 8.85. The summed E-state index contributed by atoms with van der Waals surface area (Å²) in [5.74, 6) is 0.0486. The minimum Gasteiger partial charge on any atom is -0.505 e. The van der Waals surface area contributed by atoms with Crippen molar-refractivity contribution in [1.82, 2.24) is 19.8 Å². The molecule has 1 aromatic carbocycles. The maximum Gasteiger partial charge on any atom is 0.234 e. The predicted octanol–water partition coefficient (Wildman–Crippen LogP) is 1.14. The van der Waals surface area contributed by atoms with Crippen molar-refractivity contribution in [3.05, 3.63) is 24.5 Å². The fourth-order valence-corrected chi connectivity index (χ4v) is 2.25. The zero-order chi connectivity index (χ0) is 11.1. The summed E-state index contributed by atoms with van der Waals surface area (Å²) >= 11 is 1.34. The molecule has 2 heterocycles. The molecule has 0 amide bonds. The standard InChI is InChI=1S/C9H7N5OS/c10-6-3-1-2-5(7(6)15)8-13-14-4-11-12-9(14)16-8/h1-4,15H,10H2. The van der Waals surface area contributed by atoms with E-state index < -0.39 is 0 Å². The molecule has 0 bridgehead atoms. The Hall–Kier alpha value is -2.15. The summed E-state index contributed by atoms with van der Waals surface area (Å²) in [6.07, 6.45) is 1.51. The summed E-state index contributed by atoms with van der Waals surface area (Å²) in [6.45, 7) is 0. The number of hydrogen-bond acceptors (Lipinski definition) is 6. The van der Waals surface area contributed by atoms with Gasteiger partial charge in [-0.3, -0.25) is 0 Å². The van der Waals surface area contributed by atoms with E-state index in [9.17, 15) is 5.11 Å². The van der Waals surface area contributed by atoms with Crippen molar-refractivity contribution in [2.75, 3.05) is 5.73 Å². The van der Waals surface area contributed by atoms with Crippen LogP contribution in [0.3, 0.4) is 0 Å². The molecule has 3 N–H and O–H groups in total. The van der Waals surface area contributed by atoms with Crippen LogP contribution < -0.4 is 5.73 Å². The average molecular weight is 233 g/mol. The lowest BCUT2D eigenvalue weighted by Crippen LogP contribution is -1.88. The van der Waals surface area contributed by atoms with Crippen LogP contribution in [0, 0.1) is 0 Å². The molecule has 0 fully saturated rings. The van der Waals surface area contributed by atoms with Crippen molar-refractivity contribution in [2.24, 2.45) is 0 Å². The predicted molar refractivity (Wildman–Crippen MR) is 60.2 cm³/mol. The molecule has 2 aromatic heterocycles. The highest BCUT2D eigenvalue weighted by Crippen LogP contribution is 2.35. The molecule has 6 nitrogen and oxygen atoms in total. The number of hydrogen-bond donors (Lipinski definition) is 2. The number of nitrogen functional groups attached to an aromatic ring is 1. The first kappa shape index (κ1) is 9.10. The van der Waals surface area contributed by atoms with Crippen molar-refractivity contribution in [1.29, 1.82) is 0 Å². The number of benzene rings is 1. The Morgan fingerprint density at radius 2 is 2.25 bits per heavy atom. The number of phenolic OH excluding ortho intramolecular Hbond substituents is 1. The van der Waals surface area contributed by atoms with Crippen molar-refractivity contribution in [3.8, 4) is 16.3 Å². The smallest absolute Gasteiger partial charge is 0.234 e. The Kier molecular flexibility index (Phi) is 1.80. The molecular formula is C9H7N5OS. The van der Waals surface area contributed by atoms with E-state index in [0.29, 0.717) is 21.2 Å². The Balaban J connectivity index is 2.23. The van der Waals surface area contributed by atoms with Crippen LogP contribution in [0.1, 0.15) is 0 Å². The van der Waals surface area contributed by atoms with Crippen molar-refractivity contribution >= 4 is 22.0 Å². The van der Waals surface area contributed by atoms with Gasteiger partial charge in [-0.2, -0.15) is 9.61 Å². The van der Waals surface area contributed by atoms with E-state index in [2.05, 4.69) is 15.3 Å². The van der Waals surface area contributed by atoms with Gasteiger partial charge in [0.2, 0.25) is 4.96 Å². The topological polar surface area (TPSA) is 89.3 Å². The number of para-hydroxylation sites is 1. The highest BCUT2D eigenvalue weighted by molar-refractivity contribution is 7.19. The van der Waals surface area contributed by atoms with Gasteiger partial charge in [0.25, 0.3) is 0 Å². The normalized spacial score (nSPS) is 11.0. The number of fused-ring (bicyclic) bond motifs is 1. The van der Waals surface area contributed by atoms with Crippen LogP contribution >= 0.6 is 11.3 Å². The van der Waals surface area contributed by atoms with Crippen LogP contribution in [0.15, 0.2) is 24.5 Å². The molecular weight excluding hydrogens is 226 g/mol. The molecule has 3 rings (SSSR count). The van der Waals surface area contributed by atoms with E-state index in [1.54, 1.807) is 22.7 Å². The minimum atomic E-state index is 0.0486. The quantitative estimate of drug-likeness (QED) is 0.486. The molecule has 0 spiro atoms. The SMILES string of the molecule is Nc1cccc(-c2nn3cnnc3s2)c1O. The molecule has 7 heteroatoms. The number of nitrogens with zero attached hydrogens (tertiary/aromatic N) is 4. The van der Waals surface area contributed by atoms with E-state index >= 15 is 0 Å². The van der Waals surface area contributed by atoms with Crippen molar-refractivity contribution in [3.63, 3.8) is 0 Å². The molecule has 0 saturated carbocycles. The van der Waals surface area contributed by atoms with E-state index in [4.69, 9.17) is 5.73 Å². The third-order valence-corrected chi connectivity index (χ3v) is 3.13. The number of aromatic nitrogens is 4. The Bertz CT molecular complexity index is 630. The van der Waals surface area contributed by atoms with E-state index in [1.807, 2.05) is 0 Å². The average Bonchev–Trinajstić information content (AvgIpc) is 2.81. The van der Waals surface area contributed by atoms with Gasteiger partial charge in [0.05, 0.1) is 11.3 Å². The third kappa shape index (κ3) is 1.22. The minimum absolute atomic E-state index is 0.0486. The summed E-state index contributed by atoms with van der Waals surface area (Å²) in [6, 6.07) is 5.17. The van der Waals surface area contributed by atoms with Crippen LogP contribution in [-0.4, -0.2) is 24.9 Å². The fourth-order valence-electron chi connectivity index (χ4n) is 1.40. The highest BCUT2D eigenvalue weighted by atomic mass is 32.1. The van der Waals surface area contributed by atoms with Crippen LogP contribution in [0.4, 0.5) is 5.69 Å². The van der Waals surface area contributed by atoms with Gasteiger partial charge in [-0.25, -0.2) is 0 Å². The molecule has 80 valence electrons. The number of nitrogens with two attached hydrogens (primary N) is 1. The van der Waals surface area contributed by atoms with Crippen LogP contribution in [-0.2, 0) is 0 Å². The molecule has 0 aliphatic rings. The van der Waals surface area contributed by atoms with Crippen molar-refractivity contribution < 1.29 is 5.11 Å². The van der Waals surface area contributed by atoms with Crippen molar-refractivity contribution in [2.45, 2.75) is 0 Å². The summed E-state index contributed by atoms with van der Waals surface area (Å²) in [7, 11) is 0. The third-order valence-electron chi connectivity index (χ3n) is 2.18. The Labute approximate surface area is 94.0 Å². The van der Waals surface area contributed by atoms with Gasteiger partial charge >= 0.3 is 0 Å². The number of rotatable bonds is 1. The van der Waals surface area contributed by atoms with E-state index in [-0.39, 0.29) is 5.75 Å². The second-order valence-corrected chi connectivity index (χ2v) is 4.16. The lowest BCUT2D eigenvalue weighted by molar-refractivity contribution is 0.480. The van der Waals surface area contributed by atoms with E-state index in [0.717, 1.165) is 0 Å². The van der Waals surface area contributed by atoms with Crippen LogP contribution in [0.2, 0.25) is 0 Å². The molecule has 0 atom stereocenters. The van der Waals surface area contributed by atoms with Gasteiger partial charge in [-0.1, -0.05) is 17.4 Å². The van der Waals surface area contributed by atoms with Gasteiger partial charge in [0, 0.05) is 0 Å². The molecule has 0 aliphatic heterocycles. The van der Waals surface area contributed by atoms with Gasteiger partial charge in [0.1, 0.15) is 12.1 Å². The van der Waals surface area contributed by atoms with Gasteiger partial charge in [-0.15, -0.1) is 10.2 Å². The van der Waals surface area contributed by atoms with E-state index in [1.165, 1.54) is 17.7 Å². The second-order valence-electron chi connectivity index (χ2n) is 3.21. The second kappa shape index (κ2) is 3.17. The molecule has 3 aromatic rings. The van der Waals surface area contributed by atoms with Gasteiger partial charge in [0.15, 0.2) is 5.01 Å². The van der Waals surface area contributed by atoms with Crippen LogP contribution in [0.25, 0.3) is 15.5 Å². The monoisotopic (exact) mass is 233 g/mol. The number of phenols is 1. The summed E-state index contributed by atoms with van der Waals surface area (Å²) in [4.78, 5) is 0.678. The maximum atomic E-state index is 9.81. The molecule has 0 unspecified atom stereocenters.